The maximum atomic E-state index is 5.74. The highest BCUT2D eigenvalue weighted by Crippen LogP contribution is 2.35. The zero-order valence-corrected chi connectivity index (χ0v) is 13.7. The second-order valence-electron chi connectivity index (χ2n) is 5.55. The molecule has 3 rings (SSSR count). The Kier molecular flexibility index (Phi) is 5.20. The van der Waals surface area contributed by atoms with Gasteiger partial charge in [-0.25, -0.2) is 0 Å². The summed E-state index contributed by atoms with van der Waals surface area (Å²) in [6.45, 7) is 6.55. The lowest BCUT2D eigenvalue weighted by Gasteiger charge is -2.34. The Bertz CT molecular complexity index is 607. The van der Waals surface area contributed by atoms with Gasteiger partial charge in [0.05, 0.1) is 26.0 Å². The summed E-state index contributed by atoms with van der Waals surface area (Å²) in [5.74, 6) is 2.49. The molecule has 5 heteroatoms. The van der Waals surface area contributed by atoms with Crippen LogP contribution in [0.1, 0.15) is 24.3 Å². The minimum absolute atomic E-state index is 0.0946. The molecule has 5 nitrogen and oxygen atoms in total. The number of benzene rings is 1. The molecule has 1 saturated heterocycles. The molecule has 23 heavy (non-hydrogen) atoms. The monoisotopic (exact) mass is 316 g/mol. The van der Waals surface area contributed by atoms with E-state index in [4.69, 9.17) is 13.9 Å². The van der Waals surface area contributed by atoms with Crippen LogP contribution in [0, 0.1) is 0 Å². The fourth-order valence-corrected chi connectivity index (χ4v) is 3.07. The Labute approximate surface area is 137 Å². The first-order chi connectivity index (χ1) is 11.3. The van der Waals surface area contributed by atoms with E-state index in [2.05, 4.69) is 22.3 Å². The predicted molar refractivity (Wildman–Crippen MR) is 89.2 cm³/mol. The number of methoxy groups -OCH3 is 1. The first-order valence-corrected chi connectivity index (χ1v) is 8.12. The van der Waals surface area contributed by atoms with Gasteiger partial charge in [-0.1, -0.05) is 6.07 Å². The van der Waals surface area contributed by atoms with Crippen LogP contribution < -0.4 is 14.8 Å². The largest absolute Gasteiger partial charge is 0.493 e. The highest BCUT2D eigenvalue weighted by Gasteiger charge is 2.26. The average molecular weight is 316 g/mol. The highest BCUT2D eigenvalue weighted by atomic mass is 16.5. The molecule has 2 aromatic rings. The molecule has 1 atom stereocenters. The van der Waals surface area contributed by atoms with Crippen molar-refractivity contribution in [3.63, 3.8) is 0 Å². The smallest absolute Gasteiger partial charge is 0.161 e. The van der Waals surface area contributed by atoms with Crippen LogP contribution in [0.2, 0.25) is 0 Å². The van der Waals surface area contributed by atoms with E-state index in [0.717, 1.165) is 49.0 Å². The molecule has 1 aromatic carbocycles. The van der Waals surface area contributed by atoms with E-state index < -0.39 is 0 Å². The molecule has 0 spiro atoms. The van der Waals surface area contributed by atoms with Gasteiger partial charge in [-0.15, -0.1) is 0 Å². The van der Waals surface area contributed by atoms with Crippen molar-refractivity contribution in [2.75, 3.05) is 39.9 Å². The third kappa shape index (κ3) is 3.51. The van der Waals surface area contributed by atoms with Crippen molar-refractivity contribution >= 4 is 0 Å². The summed E-state index contributed by atoms with van der Waals surface area (Å²) >= 11 is 0. The van der Waals surface area contributed by atoms with Crippen molar-refractivity contribution in [1.29, 1.82) is 0 Å². The Balaban J connectivity index is 1.97. The van der Waals surface area contributed by atoms with E-state index in [1.165, 1.54) is 0 Å². The lowest BCUT2D eigenvalue weighted by molar-refractivity contribution is 0.179. The summed E-state index contributed by atoms with van der Waals surface area (Å²) in [6.07, 6.45) is 1.73. The van der Waals surface area contributed by atoms with E-state index in [-0.39, 0.29) is 6.04 Å². The molecule has 1 unspecified atom stereocenters. The number of hydrogen-bond acceptors (Lipinski definition) is 5. The van der Waals surface area contributed by atoms with Crippen LogP contribution in [0.25, 0.3) is 0 Å². The third-order valence-corrected chi connectivity index (χ3v) is 4.13. The Morgan fingerprint density at radius 3 is 2.70 bits per heavy atom. The molecular formula is C18H24N2O3. The number of hydrogen-bond donors (Lipinski definition) is 1. The molecule has 1 fully saturated rings. The van der Waals surface area contributed by atoms with Crippen LogP contribution in [0.15, 0.2) is 41.0 Å². The number of nitrogens with one attached hydrogen (secondary N) is 1. The average Bonchev–Trinajstić information content (AvgIpc) is 3.11. The van der Waals surface area contributed by atoms with Crippen molar-refractivity contribution < 1.29 is 13.9 Å². The zero-order chi connectivity index (χ0) is 16.1. The SMILES string of the molecule is CCOc1cc(C(c2ccco2)N2CCNCC2)ccc1OC. The lowest BCUT2D eigenvalue weighted by atomic mass is 10.0. The van der Waals surface area contributed by atoms with E-state index in [0.29, 0.717) is 6.61 Å². The molecule has 124 valence electrons. The normalized spacial score (nSPS) is 17.0. The summed E-state index contributed by atoms with van der Waals surface area (Å²) < 4.78 is 16.9. The fourth-order valence-electron chi connectivity index (χ4n) is 3.07. The Morgan fingerprint density at radius 1 is 1.22 bits per heavy atom. The van der Waals surface area contributed by atoms with Crippen LogP contribution in [-0.2, 0) is 0 Å². The van der Waals surface area contributed by atoms with Gasteiger partial charge in [0, 0.05) is 26.2 Å². The van der Waals surface area contributed by atoms with Gasteiger partial charge in [-0.2, -0.15) is 0 Å². The van der Waals surface area contributed by atoms with E-state index in [1.807, 2.05) is 25.1 Å². The van der Waals surface area contributed by atoms with Crippen molar-refractivity contribution in [3.05, 3.63) is 47.9 Å². The maximum Gasteiger partial charge on any atom is 0.161 e. The number of rotatable bonds is 6. The number of furan rings is 1. The van der Waals surface area contributed by atoms with Gasteiger partial charge in [-0.3, -0.25) is 4.90 Å². The summed E-state index contributed by atoms with van der Waals surface area (Å²) in [5.41, 5.74) is 1.16. The molecule has 0 saturated carbocycles. The second kappa shape index (κ2) is 7.53. The molecule has 0 radical (unpaired) electrons. The predicted octanol–water partition coefficient (Wildman–Crippen LogP) is 2.68. The fraction of sp³-hybridized carbons (Fsp3) is 0.444. The zero-order valence-electron chi connectivity index (χ0n) is 13.7. The minimum Gasteiger partial charge on any atom is -0.493 e. The number of ether oxygens (including phenoxy) is 2. The molecule has 1 aromatic heterocycles. The van der Waals surface area contributed by atoms with Crippen molar-refractivity contribution in [3.8, 4) is 11.5 Å². The number of nitrogens with zero attached hydrogens (tertiary/aromatic N) is 1. The van der Waals surface area contributed by atoms with E-state index >= 15 is 0 Å². The van der Waals surface area contributed by atoms with Crippen molar-refractivity contribution in [1.82, 2.24) is 10.2 Å². The molecule has 0 amide bonds. The van der Waals surface area contributed by atoms with Gasteiger partial charge in [0.25, 0.3) is 0 Å². The van der Waals surface area contributed by atoms with E-state index in [9.17, 15) is 0 Å². The minimum atomic E-state index is 0.0946. The van der Waals surface area contributed by atoms with Crippen molar-refractivity contribution in [2.24, 2.45) is 0 Å². The third-order valence-electron chi connectivity index (χ3n) is 4.13. The van der Waals surface area contributed by atoms with Gasteiger partial charge < -0.3 is 19.2 Å². The van der Waals surface area contributed by atoms with Crippen LogP contribution in [0.5, 0.6) is 11.5 Å². The molecule has 0 aliphatic carbocycles. The highest BCUT2D eigenvalue weighted by molar-refractivity contribution is 5.45. The Hall–Kier alpha value is -1.98. The van der Waals surface area contributed by atoms with Gasteiger partial charge in [0.15, 0.2) is 11.5 Å². The molecule has 1 N–H and O–H groups in total. The van der Waals surface area contributed by atoms with Crippen LogP contribution in [0.4, 0.5) is 0 Å². The lowest BCUT2D eigenvalue weighted by Crippen LogP contribution is -2.45. The van der Waals surface area contributed by atoms with Gasteiger partial charge in [-0.05, 0) is 36.8 Å². The van der Waals surface area contributed by atoms with E-state index in [1.54, 1.807) is 13.4 Å². The molecule has 0 bridgehead atoms. The molecular weight excluding hydrogens is 292 g/mol. The first-order valence-electron chi connectivity index (χ1n) is 8.12. The van der Waals surface area contributed by atoms with Gasteiger partial charge in [0.1, 0.15) is 5.76 Å². The molecule has 1 aliphatic rings. The topological polar surface area (TPSA) is 46.9 Å². The van der Waals surface area contributed by atoms with Crippen LogP contribution in [0.3, 0.4) is 0 Å². The van der Waals surface area contributed by atoms with Crippen molar-refractivity contribution in [2.45, 2.75) is 13.0 Å². The quantitative estimate of drug-likeness (QED) is 0.888. The molecule has 1 aliphatic heterocycles. The summed E-state index contributed by atoms with van der Waals surface area (Å²) in [6, 6.07) is 10.2. The van der Waals surface area contributed by atoms with Crippen LogP contribution in [-0.4, -0.2) is 44.8 Å². The maximum absolute atomic E-state index is 5.74. The van der Waals surface area contributed by atoms with Gasteiger partial charge >= 0.3 is 0 Å². The summed E-state index contributed by atoms with van der Waals surface area (Å²) in [7, 11) is 1.66. The first kappa shape index (κ1) is 15.9. The molecule has 2 heterocycles. The number of piperazine rings is 1. The standard InChI is InChI=1S/C18H24N2O3/c1-3-22-17-13-14(6-7-15(17)21-2)18(16-5-4-12-23-16)20-10-8-19-9-11-20/h4-7,12-13,18-19H,3,8-11H2,1-2H3. The summed E-state index contributed by atoms with van der Waals surface area (Å²) in [4.78, 5) is 2.44. The van der Waals surface area contributed by atoms with Crippen LogP contribution >= 0.6 is 0 Å². The second-order valence-corrected chi connectivity index (χ2v) is 5.55. The van der Waals surface area contributed by atoms with Gasteiger partial charge in [0.2, 0.25) is 0 Å². The summed E-state index contributed by atoms with van der Waals surface area (Å²) in [5, 5.41) is 3.40. The Morgan fingerprint density at radius 2 is 2.04 bits per heavy atom.